The number of hydrogen-bond acceptors (Lipinski definition) is 4. The van der Waals surface area contributed by atoms with Gasteiger partial charge >= 0.3 is 0 Å². The molecule has 0 amide bonds. The molecule has 0 bridgehead atoms. The first-order valence-corrected chi connectivity index (χ1v) is 9.52. The van der Waals surface area contributed by atoms with Gasteiger partial charge in [-0.1, -0.05) is 6.92 Å². The van der Waals surface area contributed by atoms with Gasteiger partial charge in [-0.05, 0) is 55.6 Å². The fraction of sp³-hybridized carbons (Fsp3) is 0.706. The van der Waals surface area contributed by atoms with E-state index in [-0.39, 0.29) is 0 Å². The predicted octanol–water partition coefficient (Wildman–Crippen LogP) is 2.00. The summed E-state index contributed by atoms with van der Waals surface area (Å²) in [5.74, 6) is 0.773. The number of aliphatic imine (C=N–C) groups is 1. The molecule has 0 aliphatic heterocycles. The Bertz CT molecular complexity index is 483. The molecule has 0 spiro atoms. The fourth-order valence-corrected chi connectivity index (χ4v) is 3.38. The standard InChI is InChI=1S/C17H30N4OS/c1-4-18-16(19-9-10-21(5-2)15-6-7-15)20-13-17(3,22)14-8-11-23-12-14/h8,11-12,15,22H,4-7,9-10,13H2,1-3H3,(H2,18,19,20). The van der Waals surface area contributed by atoms with Crippen LogP contribution in [0.2, 0.25) is 0 Å². The molecule has 1 unspecified atom stereocenters. The van der Waals surface area contributed by atoms with E-state index in [4.69, 9.17) is 0 Å². The van der Waals surface area contributed by atoms with Gasteiger partial charge in [0.15, 0.2) is 5.96 Å². The second kappa shape index (κ2) is 8.66. The largest absolute Gasteiger partial charge is 0.383 e. The highest BCUT2D eigenvalue weighted by atomic mass is 32.1. The van der Waals surface area contributed by atoms with Crippen molar-refractivity contribution in [2.75, 3.05) is 32.7 Å². The molecule has 23 heavy (non-hydrogen) atoms. The van der Waals surface area contributed by atoms with E-state index < -0.39 is 5.60 Å². The summed E-state index contributed by atoms with van der Waals surface area (Å²) >= 11 is 1.59. The van der Waals surface area contributed by atoms with Gasteiger partial charge in [-0.25, -0.2) is 4.99 Å². The topological polar surface area (TPSA) is 59.9 Å². The van der Waals surface area contributed by atoms with Crippen molar-refractivity contribution in [2.45, 2.75) is 45.3 Å². The summed E-state index contributed by atoms with van der Waals surface area (Å²) in [5, 5.41) is 21.1. The molecule has 6 heteroatoms. The van der Waals surface area contributed by atoms with Gasteiger partial charge in [0.25, 0.3) is 0 Å². The Morgan fingerprint density at radius 1 is 1.43 bits per heavy atom. The van der Waals surface area contributed by atoms with Crippen LogP contribution in [0.4, 0.5) is 0 Å². The molecule has 0 aromatic carbocycles. The van der Waals surface area contributed by atoms with Crippen LogP contribution < -0.4 is 10.6 Å². The van der Waals surface area contributed by atoms with E-state index in [9.17, 15) is 5.11 Å². The first-order valence-electron chi connectivity index (χ1n) is 8.58. The molecule has 1 saturated carbocycles. The zero-order chi connectivity index (χ0) is 16.7. The lowest BCUT2D eigenvalue weighted by atomic mass is 10.00. The molecule has 1 aliphatic carbocycles. The lowest BCUT2D eigenvalue weighted by molar-refractivity contribution is 0.0677. The van der Waals surface area contributed by atoms with Gasteiger partial charge in [-0.15, -0.1) is 0 Å². The third kappa shape index (κ3) is 5.79. The van der Waals surface area contributed by atoms with E-state index in [0.717, 1.165) is 43.7 Å². The third-order valence-corrected chi connectivity index (χ3v) is 4.88. The summed E-state index contributed by atoms with van der Waals surface area (Å²) in [5.41, 5.74) is -0.000719. The maximum absolute atomic E-state index is 10.6. The molecule has 1 atom stereocenters. The minimum Gasteiger partial charge on any atom is -0.383 e. The SMILES string of the molecule is CCNC(=NCC(C)(O)c1ccsc1)NCCN(CC)C1CC1. The van der Waals surface area contributed by atoms with E-state index in [1.165, 1.54) is 12.8 Å². The monoisotopic (exact) mass is 338 g/mol. The Balaban J connectivity index is 1.84. The summed E-state index contributed by atoms with van der Waals surface area (Å²) in [7, 11) is 0. The molecular weight excluding hydrogens is 308 g/mol. The van der Waals surface area contributed by atoms with Gasteiger partial charge in [0, 0.05) is 25.7 Å². The Morgan fingerprint density at radius 3 is 2.78 bits per heavy atom. The van der Waals surface area contributed by atoms with Gasteiger partial charge in [0.05, 0.1) is 6.54 Å². The number of nitrogens with one attached hydrogen (secondary N) is 2. The number of hydrogen-bond donors (Lipinski definition) is 3. The van der Waals surface area contributed by atoms with Gasteiger partial charge in [-0.2, -0.15) is 11.3 Å². The van der Waals surface area contributed by atoms with E-state index in [0.29, 0.717) is 6.54 Å². The van der Waals surface area contributed by atoms with E-state index in [1.807, 2.05) is 23.8 Å². The van der Waals surface area contributed by atoms with Crippen LogP contribution in [0.1, 0.15) is 39.2 Å². The van der Waals surface area contributed by atoms with Gasteiger partial charge in [-0.3, -0.25) is 4.90 Å². The Labute approximate surface area is 143 Å². The highest BCUT2D eigenvalue weighted by Gasteiger charge is 2.27. The molecule has 1 heterocycles. The summed E-state index contributed by atoms with van der Waals surface area (Å²) in [6.45, 7) is 10.3. The highest BCUT2D eigenvalue weighted by molar-refractivity contribution is 7.08. The van der Waals surface area contributed by atoms with Crippen LogP contribution in [0.15, 0.2) is 21.8 Å². The first-order chi connectivity index (χ1) is 11.1. The Kier molecular flexibility index (Phi) is 6.87. The minimum absolute atomic E-state index is 0.346. The lowest BCUT2D eigenvalue weighted by Gasteiger charge is -2.22. The van der Waals surface area contributed by atoms with E-state index >= 15 is 0 Å². The Morgan fingerprint density at radius 2 is 2.22 bits per heavy atom. The third-order valence-electron chi connectivity index (χ3n) is 4.19. The number of likely N-dealkylation sites (N-methyl/N-ethyl adjacent to an activating group) is 1. The summed E-state index contributed by atoms with van der Waals surface area (Å²) in [6, 6.07) is 2.75. The quantitative estimate of drug-likeness (QED) is 0.476. The van der Waals surface area contributed by atoms with Crippen molar-refractivity contribution in [3.63, 3.8) is 0 Å². The molecule has 2 rings (SSSR count). The van der Waals surface area contributed by atoms with Crippen LogP contribution in [-0.2, 0) is 5.60 Å². The molecule has 1 aromatic heterocycles. The average molecular weight is 339 g/mol. The maximum Gasteiger partial charge on any atom is 0.191 e. The molecule has 130 valence electrons. The first kappa shape index (κ1) is 18.2. The van der Waals surface area contributed by atoms with E-state index in [2.05, 4.69) is 34.4 Å². The number of nitrogens with zero attached hydrogens (tertiary/aromatic N) is 2. The zero-order valence-corrected chi connectivity index (χ0v) is 15.3. The summed E-state index contributed by atoms with van der Waals surface area (Å²) in [4.78, 5) is 7.07. The number of thiophene rings is 1. The highest BCUT2D eigenvalue weighted by Crippen LogP contribution is 2.26. The van der Waals surface area contributed by atoms with Gasteiger partial charge in [0.2, 0.25) is 0 Å². The lowest BCUT2D eigenvalue weighted by Crippen LogP contribution is -2.42. The number of rotatable bonds is 9. The molecule has 1 fully saturated rings. The zero-order valence-electron chi connectivity index (χ0n) is 14.5. The molecular formula is C17H30N4OS. The summed E-state index contributed by atoms with van der Waals surface area (Å²) in [6.07, 6.45) is 2.68. The van der Waals surface area contributed by atoms with Crippen LogP contribution in [-0.4, -0.2) is 54.7 Å². The van der Waals surface area contributed by atoms with Crippen LogP contribution in [0.5, 0.6) is 0 Å². The normalized spacial score (nSPS) is 18.0. The van der Waals surface area contributed by atoms with Crippen molar-refractivity contribution in [1.82, 2.24) is 15.5 Å². The van der Waals surface area contributed by atoms with E-state index in [1.54, 1.807) is 11.3 Å². The van der Waals surface area contributed by atoms with Crippen LogP contribution in [0.25, 0.3) is 0 Å². The maximum atomic E-state index is 10.6. The predicted molar refractivity (Wildman–Crippen MR) is 98.1 cm³/mol. The van der Waals surface area contributed by atoms with Crippen molar-refractivity contribution in [2.24, 2.45) is 4.99 Å². The minimum atomic E-state index is -0.925. The van der Waals surface area contributed by atoms with Crippen LogP contribution in [0.3, 0.4) is 0 Å². The van der Waals surface area contributed by atoms with Crippen LogP contribution in [0, 0.1) is 0 Å². The average Bonchev–Trinajstić information content (AvgIpc) is 3.21. The molecule has 3 N–H and O–H groups in total. The van der Waals surface area contributed by atoms with Crippen molar-refractivity contribution >= 4 is 17.3 Å². The smallest absolute Gasteiger partial charge is 0.191 e. The molecule has 1 aliphatic rings. The van der Waals surface area contributed by atoms with Gasteiger partial charge in [0.1, 0.15) is 5.60 Å². The second-order valence-corrected chi connectivity index (χ2v) is 7.05. The fourth-order valence-electron chi connectivity index (χ4n) is 2.59. The number of guanidine groups is 1. The Hall–Kier alpha value is -1.11. The van der Waals surface area contributed by atoms with Crippen molar-refractivity contribution < 1.29 is 5.11 Å². The molecule has 0 radical (unpaired) electrons. The van der Waals surface area contributed by atoms with Crippen molar-refractivity contribution in [3.05, 3.63) is 22.4 Å². The number of aliphatic hydroxyl groups is 1. The van der Waals surface area contributed by atoms with Gasteiger partial charge < -0.3 is 15.7 Å². The second-order valence-electron chi connectivity index (χ2n) is 6.27. The van der Waals surface area contributed by atoms with Crippen LogP contribution >= 0.6 is 11.3 Å². The van der Waals surface area contributed by atoms with Crippen molar-refractivity contribution in [3.8, 4) is 0 Å². The molecule has 1 aromatic rings. The molecule has 5 nitrogen and oxygen atoms in total. The summed E-state index contributed by atoms with van der Waals surface area (Å²) < 4.78 is 0. The van der Waals surface area contributed by atoms with Crippen molar-refractivity contribution in [1.29, 1.82) is 0 Å². The molecule has 0 saturated heterocycles.